The van der Waals surface area contributed by atoms with Crippen LogP contribution in [-0.2, 0) is 12.8 Å². The zero-order valence-corrected chi connectivity index (χ0v) is 11.9. The Bertz CT molecular complexity index is 475. The van der Waals surface area contributed by atoms with E-state index in [1.807, 2.05) is 0 Å². The lowest BCUT2D eigenvalue weighted by atomic mass is 9.98. The molecule has 2 nitrogen and oxygen atoms in total. The number of nitrogens with one attached hydrogen (secondary N) is 1. The fourth-order valence-electron chi connectivity index (χ4n) is 2.52. The van der Waals surface area contributed by atoms with E-state index in [9.17, 15) is 0 Å². The van der Waals surface area contributed by atoms with E-state index in [0.29, 0.717) is 6.04 Å². The third kappa shape index (κ3) is 3.71. The highest BCUT2D eigenvalue weighted by Gasteiger charge is 2.15. The summed E-state index contributed by atoms with van der Waals surface area (Å²) in [5.74, 6) is 1.11. The first-order chi connectivity index (χ1) is 9.35. The van der Waals surface area contributed by atoms with Crippen LogP contribution in [0, 0.1) is 0 Å². The van der Waals surface area contributed by atoms with Crippen molar-refractivity contribution in [1.29, 1.82) is 0 Å². The van der Waals surface area contributed by atoms with E-state index >= 15 is 0 Å². The molecule has 1 atom stereocenters. The molecule has 0 fully saturated rings. The fraction of sp³-hybridized carbons (Fsp3) is 0.412. The smallest absolute Gasteiger partial charge is 0.108 e. The Labute approximate surface area is 115 Å². The van der Waals surface area contributed by atoms with Gasteiger partial charge in [0.1, 0.15) is 5.76 Å². The number of hydrogen-bond donors (Lipinski definition) is 1. The number of aryl methyl sites for hydroxylation is 2. The molecule has 1 aromatic carbocycles. The molecule has 0 aliphatic heterocycles. The number of rotatable bonds is 7. The van der Waals surface area contributed by atoms with Crippen LogP contribution in [0.3, 0.4) is 0 Å². The van der Waals surface area contributed by atoms with E-state index < -0.39 is 0 Å². The molecule has 1 N–H and O–H groups in total. The highest BCUT2D eigenvalue weighted by Crippen LogP contribution is 2.24. The second-order valence-corrected chi connectivity index (χ2v) is 4.79. The van der Waals surface area contributed by atoms with E-state index in [-0.39, 0.29) is 0 Å². The lowest BCUT2D eigenvalue weighted by molar-refractivity contribution is 0.475. The van der Waals surface area contributed by atoms with Crippen LogP contribution in [0.15, 0.2) is 47.1 Å². The highest BCUT2D eigenvalue weighted by atomic mass is 16.3. The average molecular weight is 257 g/mol. The van der Waals surface area contributed by atoms with E-state index in [1.54, 1.807) is 6.26 Å². The number of hydrogen-bond acceptors (Lipinski definition) is 2. The molecule has 19 heavy (non-hydrogen) atoms. The average Bonchev–Trinajstić information content (AvgIpc) is 2.93. The summed E-state index contributed by atoms with van der Waals surface area (Å²) >= 11 is 0. The SMILES string of the molecule is CCNC(CCc1ccccc1)c1ccoc1CC. The van der Waals surface area contributed by atoms with Gasteiger partial charge in [0.2, 0.25) is 0 Å². The molecule has 0 bridgehead atoms. The molecule has 0 saturated carbocycles. The van der Waals surface area contributed by atoms with Crippen LogP contribution in [-0.4, -0.2) is 6.54 Å². The van der Waals surface area contributed by atoms with Gasteiger partial charge in [0.15, 0.2) is 0 Å². The van der Waals surface area contributed by atoms with Crippen LogP contribution < -0.4 is 5.32 Å². The molecule has 0 aliphatic carbocycles. The molecule has 102 valence electrons. The lowest BCUT2D eigenvalue weighted by Gasteiger charge is -2.18. The van der Waals surface area contributed by atoms with Gasteiger partial charge in [-0.05, 0) is 31.0 Å². The third-order valence-corrected chi connectivity index (χ3v) is 3.49. The minimum absolute atomic E-state index is 0.388. The summed E-state index contributed by atoms with van der Waals surface area (Å²) in [5.41, 5.74) is 2.72. The summed E-state index contributed by atoms with van der Waals surface area (Å²) < 4.78 is 5.55. The minimum atomic E-state index is 0.388. The summed E-state index contributed by atoms with van der Waals surface area (Å²) in [6, 6.07) is 13.2. The second-order valence-electron chi connectivity index (χ2n) is 4.79. The zero-order chi connectivity index (χ0) is 13.5. The molecule has 0 aliphatic rings. The van der Waals surface area contributed by atoms with Crippen LogP contribution >= 0.6 is 0 Å². The van der Waals surface area contributed by atoms with Gasteiger partial charge < -0.3 is 9.73 Å². The summed E-state index contributed by atoms with van der Waals surface area (Å²) in [4.78, 5) is 0. The Morgan fingerprint density at radius 1 is 1.11 bits per heavy atom. The Balaban J connectivity index is 2.04. The monoisotopic (exact) mass is 257 g/mol. The molecule has 0 radical (unpaired) electrons. The molecular formula is C17H23NO. The van der Waals surface area contributed by atoms with Gasteiger partial charge in [0, 0.05) is 18.0 Å². The normalized spacial score (nSPS) is 12.5. The first kappa shape index (κ1) is 13.9. The van der Waals surface area contributed by atoms with E-state index in [1.165, 1.54) is 11.1 Å². The van der Waals surface area contributed by atoms with Gasteiger partial charge in [-0.1, -0.05) is 44.2 Å². The predicted octanol–water partition coefficient (Wildman–Crippen LogP) is 4.13. The van der Waals surface area contributed by atoms with Crippen LogP contribution in [0.1, 0.15) is 43.2 Å². The van der Waals surface area contributed by atoms with Crippen molar-refractivity contribution in [3.63, 3.8) is 0 Å². The molecule has 1 heterocycles. The van der Waals surface area contributed by atoms with Crippen molar-refractivity contribution in [2.75, 3.05) is 6.54 Å². The van der Waals surface area contributed by atoms with Crippen LogP contribution in [0.4, 0.5) is 0 Å². The molecule has 1 unspecified atom stereocenters. The van der Waals surface area contributed by atoms with Crippen molar-refractivity contribution < 1.29 is 4.42 Å². The predicted molar refractivity (Wildman–Crippen MR) is 79.3 cm³/mol. The molecule has 1 aromatic heterocycles. The summed E-state index contributed by atoms with van der Waals surface area (Å²) in [6.45, 7) is 5.28. The van der Waals surface area contributed by atoms with Crippen molar-refractivity contribution in [2.24, 2.45) is 0 Å². The van der Waals surface area contributed by atoms with Gasteiger partial charge in [-0.2, -0.15) is 0 Å². The Hall–Kier alpha value is -1.54. The molecule has 2 aromatic rings. The Kier molecular flexibility index (Phi) is 5.22. The summed E-state index contributed by atoms with van der Waals surface area (Å²) in [6.07, 6.45) is 4.95. The third-order valence-electron chi connectivity index (χ3n) is 3.49. The van der Waals surface area contributed by atoms with Gasteiger partial charge in [-0.3, -0.25) is 0 Å². The van der Waals surface area contributed by atoms with Gasteiger partial charge in [0.05, 0.1) is 6.26 Å². The van der Waals surface area contributed by atoms with Crippen molar-refractivity contribution in [2.45, 2.75) is 39.2 Å². The minimum Gasteiger partial charge on any atom is -0.469 e. The maximum atomic E-state index is 5.55. The second kappa shape index (κ2) is 7.15. The van der Waals surface area contributed by atoms with E-state index in [2.05, 4.69) is 55.6 Å². The largest absolute Gasteiger partial charge is 0.469 e. The van der Waals surface area contributed by atoms with Gasteiger partial charge in [-0.25, -0.2) is 0 Å². The van der Waals surface area contributed by atoms with Crippen LogP contribution in [0.25, 0.3) is 0 Å². The maximum Gasteiger partial charge on any atom is 0.108 e. The van der Waals surface area contributed by atoms with E-state index in [4.69, 9.17) is 4.42 Å². The summed E-state index contributed by atoms with van der Waals surface area (Å²) in [7, 11) is 0. The lowest BCUT2D eigenvalue weighted by Crippen LogP contribution is -2.22. The van der Waals surface area contributed by atoms with Gasteiger partial charge >= 0.3 is 0 Å². The highest BCUT2D eigenvalue weighted by molar-refractivity contribution is 5.22. The van der Waals surface area contributed by atoms with Crippen LogP contribution in [0.5, 0.6) is 0 Å². The molecule has 2 rings (SSSR count). The van der Waals surface area contributed by atoms with Crippen molar-refractivity contribution in [1.82, 2.24) is 5.32 Å². The summed E-state index contributed by atoms with van der Waals surface area (Å²) in [5, 5.41) is 3.57. The van der Waals surface area contributed by atoms with Gasteiger partial charge in [0.25, 0.3) is 0 Å². The van der Waals surface area contributed by atoms with Crippen molar-refractivity contribution in [3.8, 4) is 0 Å². The van der Waals surface area contributed by atoms with Crippen molar-refractivity contribution >= 4 is 0 Å². The molecule has 2 heteroatoms. The quantitative estimate of drug-likeness (QED) is 0.807. The Morgan fingerprint density at radius 3 is 2.58 bits per heavy atom. The molecule has 0 saturated heterocycles. The fourth-order valence-corrected chi connectivity index (χ4v) is 2.52. The molecule has 0 amide bonds. The first-order valence-electron chi connectivity index (χ1n) is 7.18. The maximum absolute atomic E-state index is 5.55. The standard InChI is InChI=1S/C17H23NO/c1-3-17-15(12-13-19-17)16(18-4-2)11-10-14-8-6-5-7-9-14/h5-9,12-13,16,18H,3-4,10-11H2,1-2H3. The van der Waals surface area contributed by atoms with Gasteiger partial charge in [-0.15, -0.1) is 0 Å². The number of furan rings is 1. The molecular weight excluding hydrogens is 234 g/mol. The Morgan fingerprint density at radius 2 is 1.89 bits per heavy atom. The van der Waals surface area contributed by atoms with E-state index in [0.717, 1.165) is 31.6 Å². The molecule has 0 spiro atoms. The first-order valence-corrected chi connectivity index (χ1v) is 7.18. The zero-order valence-electron chi connectivity index (χ0n) is 11.9. The number of benzene rings is 1. The van der Waals surface area contributed by atoms with Crippen LogP contribution in [0.2, 0.25) is 0 Å². The van der Waals surface area contributed by atoms with Crippen molar-refractivity contribution in [3.05, 3.63) is 59.5 Å². The topological polar surface area (TPSA) is 25.2 Å².